The van der Waals surface area contributed by atoms with Crippen LogP contribution in [0, 0.1) is 0 Å². The van der Waals surface area contributed by atoms with Gasteiger partial charge in [0.1, 0.15) is 5.01 Å². The third kappa shape index (κ3) is 5.41. The van der Waals surface area contributed by atoms with Crippen molar-refractivity contribution in [1.29, 1.82) is 0 Å². The molecular formula is C20H25IN4S. The summed E-state index contributed by atoms with van der Waals surface area (Å²) in [4.78, 5) is 8.94. The fourth-order valence-corrected chi connectivity index (χ4v) is 3.48. The minimum Gasteiger partial charge on any atom is -0.352 e. The number of benzene rings is 2. The normalized spacial score (nSPS) is 11.5. The van der Waals surface area contributed by atoms with Crippen LogP contribution in [0.4, 0.5) is 0 Å². The number of nitrogens with one attached hydrogen (secondary N) is 2. The summed E-state index contributed by atoms with van der Waals surface area (Å²) in [5.74, 6) is 1.25. The van der Waals surface area contributed by atoms with E-state index >= 15 is 0 Å². The Morgan fingerprint density at radius 1 is 1.08 bits per heavy atom. The number of rotatable bonds is 5. The molecule has 1 heterocycles. The number of fused-ring (bicyclic) bond motifs is 1. The monoisotopic (exact) mass is 480 g/mol. The summed E-state index contributed by atoms with van der Waals surface area (Å²) in [6, 6.07) is 14.9. The Bertz CT molecular complexity index is 873. The van der Waals surface area contributed by atoms with Crippen molar-refractivity contribution in [2.75, 3.05) is 7.05 Å². The molecule has 0 atom stereocenters. The highest BCUT2D eigenvalue weighted by molar-refractivity contribution is 14.0. The van der Waals surface area contributed by atoms with Gasteiger partial charge in [0.25, 0.3) is 0 Å². The highest BCUT2D eigenvalue weighted by Gasteiger charge is 2.06. The van der Waals surface area contributed by atoms with Gasteiger partial charge in [0.05, 0.1) is 12.2 Å². The van der Waals surface area contributed by atoms with Crippen LogP contribution in [-0.4, -0.2) is 18.0 Å². The van der Waals surface area contributed by atoms with E-state index in [1.165, 1.54) is 16.3 Å². The Labute approximate surface area is 176 Å². The molecule has 26 heavy (non-hydrogen) atoms. The number of guanidine groups is 1. The lowest BCUT2D eigenvalue weighted by atomic mass is 10.1. The smallest absolute Gasteiger partial charge is 0.191 e. The van der Waals surface area contributed by atoms with Gasteiger partial charge in [-0.25, -0.2) is 4.98 Å². The number of aromatic nitrogens is 1. The van der Waals surface area contributed by atoms with Crippen LogP contribution in [-0.2, 0) is 13.1 Å². The van der Waals surface area contributed by atoms with Crippen molar-refractivity contribution in [3.8, 4) is 0 Å². The van der Waals surface area contributed by atoms with Gasteiger partial charge in [-0.1, -0.05) is 50.2 Å². The fourth-order valence-electron chi connectivity index (χ4n) is 2.59. The summed E-state index contributed by atoms with van der Waals surface area (Å²) in [5.41, 5.74) is 2.39. The van der Waals surface area contributed by atoms with Crippen molar-refractivity contribution in [3.05, 3.63) is 64.1 Å². The molecule has 6 heteroatoms. The molecule has 0 bridgehead atoms. The minimum absolute atomic E-state index is 0. The Morgan fingerprint density at radius 2 is 1.81 bits per heavy atom. The number of hydrogen-bond donors (Lipinski definition) is 2. The van der Waals surface area contributed by atoms with E-state index in [0.29, 0.717) is 12.5 Å². The topological polar surface area (TPSA) is 49.3 Å². The Hall–Kier alpha value is -1.67. The lowest BCUT2D eigenvalue weighted by molar-refractivity contribution is 0.785. The highest BCUT2D eigenvalue weighted by atomic mass is 127. The first-order valence-corrected chi connectivity index (χ1v) is 9.40. The zero-order valence-corrected chi connectivity index (χ0v) is 18.5. The first-order valence-electron chi connectivity index (χ1n) is 8.52. The van der Waals surface area contributed by atoms with Crippen LogP contribution in [0.1, 0.15) is 36.0 Å². The number of aliphatic imine (C=N–C) groups is 1. The van der Waals surface area contributed by atoms with Gasteiger partial charge in [0.2, 0.25) is 0 Å². The van der Waals surface area contributed by atoms with E-state index in [4.69, 9.17) is 0 Å². The molecule has 2 aromatic carbocycles. The summed E-state index contributed by atoms with van der Waals surface area (Å²) in [6.45, 7) is 5.75. The van der Waals surface area contributed by atoms with Gasteiger partial charge in [0, 0.05) is 19.0 Å². The van der Waals surface area contributed by atoms with E-state index in [9.17, 15) is 0 Å². The second-order valence-electron chi connectivity index (χ2n) is 6.28. The van der Waals surface area contributed by atoms with E-state index in [1.54, 1.807) is 18.4 Å². The van der Waals surface area contributed by atoms with E-state index in [2.05, 4.69) is 82.3 Å². The zero-order valence-electron chi connectivity index (χ0n) is 15.3. The average molecular weight is 480 g/mol. The third-order valence-corrected chi connectivity index (χ3v) is 4.93. The first-order chi connectivity index (χ1) is 12.2. The predicted octanol–water partition coefficient (Wildman–Crippen LogP) is 4.90. The van der Waals surface area contributed by atoms with Crippen molar-refractivity contribution in [1.82, 2.24) is 15.6 Å². The molecule has 0 amide bonds. The molecule has 4 nitrogen and oxygen atoms in total. The van der Waals surface area contributed by atoms with Crippen LogP contribution >= 0.6 is 35.3 Å². The summed E-state index contributed by atoms with van der Waals surface area (Å²) in [7, 11) is 1.79. The van der Waals surface area contributed by atoms with Crippen molar-refractivity contribution >= 4 is 52.0 Å². The van der Waals surface area contributed by atoms with Gasteiger partial charge in [-0.2, -0.15) is 0 Å². The lowest BCUT2D eigenvalue weighted by Crippen LogP contribution is -2.36. The van der Waals surface area contributed by atoms with Gasteiger partial charge >= 0.3 is 0 Å². The maximum absolute atomic E-state index is 4.64. The standard InChI is InChI=1S/C20H24N4S.HI/c1-14(2)18-13-25-19(24-18)12-23-20(21-3)22-11-15-8-9-16-6-4-5-7-17(16)10-15;/h4-10,13-14H,11-12H2,1-3H3,(H2,21,22,23);1H. The summed E-state index contributed by atoms with van der Waals surface area (Å²) < 4.78 is 0. The van der Waals surface area contributed by atoms with Gasteiger partial charge in [-0.05, 0) is 28.3 Å². The molecule has 0 aliphatic rings. The summed E-state index contributed by atoms with van der Waals surface area (Å²) >= 11 is 1.69. The summed E-state index contributed by atoms with van der Waals surface area (Å²) in [5, 5.41) is 12.4. The third-order valence-electron chi connectivity index (χ3n) is 4.07. The quantitative estimate of drug-likeness (QED) is 0.310. The molecule has 0 unspecified atom stereocenters. The van der Waals surface area contributed by atoms with E-state index in [1.807, 2.05) is 0 Å². The van der Waals surface area contributed by atoms with Crippen LogP contribution in [0.2, 0.25) is 0 Å². The molecule has 3 rings (SSSR count). The van der Waals surface area contributed by atoms with Crippen LogP contribution < -0.4 is 10.6 Å². The van der Waals surface area contributed by atoms with Crippen LogP contribution in [0.5, 0.6) is 0 Å². The molecule has 0 aliphatic heterocycles. The molecule has 0 saturated carbocycles. The molecule has 0 spiro atoms. The van der Waals surface area contributed by atoms with Crippen molar-refractivity contribution < 1.29 is 0 Å². The number of halogens is 1. The maximum Gasteiger partial charge on any atom is 0.191 e. The average Bonchev–Trinajstić information content (AvgIpc) is 3.11. The molecule has 3 aromatic rings. The molecule has 138 valence electrons. The second kappa shape index (κ2) is 9.87. The van der Waals surface area contributed by atoms with Crippen molar-refractivity contribution in [3.63, 3.8) is 0 Å². The summed E-state index contributed by atoms with van der Waals surface area (Å²) in [6.07, 6.45) is 0. The SMILES string of the molecule is CN=C(NCc1ccc2ccccc2c1)NCc1nc(C(C)C)cs1.I. The van der Waals surface area contributed by atoms with E-state index in [-0.39, 0.29) is 24.0 Å². The van der Waals surface area contributed by atoms with E-state index < -0.39 is 0 Å². The van der Waals surface area contributed by atoms with Gasteiger partial charge in [-0.15, -0.1) is 35.3 Å². The van der Waals surface area contributed by atoms with Crippen LogP contribution in [0.3, 0.4) is 0 Å². The fraction of sp³-hybridized carbons (Fsp3) is 0.300. The molecule has 0 saturated heterocycles. The molecular weight excluding hydrogens is 455 g/mol. The molecule has 2 N–H and O–H groups in total. The predicted molar refractivity (Wildman–Crippen MR) is 123 cm³/mol. The van der Waals surface area contributed by atoms with Crippen LogP contribution in [0.25, 0.3) is 10.8 Å². The zero-order chi connectivity index (χ0) is 17.6. The van der Waals surface area contributed by atoms with Gasteiger partial charge < -0.3 is 10.6 Å². The van der Waals surface area contributed by atoms with Crippen LogP contribution in [0.15, 0.2) is 52.8 Å². The second-order valence-corrected chi connectivity index (χ2v) is 7.22. The molecule has 0 fully saturated rings. The Morgan fingerprint density at radius 3 is 2.50 bits per heavy atom. The first kappa shape index (κ1) is 20.6. The number of hydrogen-bond acceptors (Lipinski definition) is 3. The van der Waals surface area contributed by atoms with Gasteiger partial charge in [0.15, 0.2) is 5.96 Å². The van der Waals surface area contributed by atoms with Crippen molar-refractivity contribution in [2.24, 2.45) is 4.99 Å². The Kier molecular flexibility index (Phi) is 7.84. The Balaban J connectivity index is 0.00000243. The molecule has 0 radical (unpaired) electrons. The van der Waals surface area contributed by atoms with Crippen molar-refractivity contribution in [2.45, 2.75) is 32.9 Å². The number of thiazole rings is 1. The maximum atomic E-state index is 4.64. The molecule has 0 aliphatic carbocycles. The van der Waals surface area contributed by atoms with Gasteiger partial charge in [-0.3, -0.25) is 4.99 Å². The lowest BCUT2D eigenvalue weighted by Gasteiger charge is -2.11. The largest absolute Gasteiger partial charge is 0.352 e. The van der Waals surface area contributed by atoms with E-state index in [0.717, 1.165) is 23.2 Å². The minimum atomic E-state index is 0. The molecule has 1 aromatic heterocycles. The highest BCUT2D eigenvalue weighted by Crippen LogP contribution is 2.17. The number of nitrogens with zero attached hydrogens (tertiary/aromatic N) is 2.